The number of carbonyl (C=O) groups is 2. The minimum atomic E-state index is -0.577. The number of nitrogens with one attached hydrogen (secondary N) is 1. The van der Waals surface area contributed by atoms with Gasteiger partial charge in [0, 0.05) is 25.4 Å². The number of para-hydroxylation sites is 1. The molecule has 1 fully saturated rings. The Labute approximate surface area is 220 Å². The number of ether oxygens (including phenoxy) is 1. The molecule has 1 N–H and O–H groups in total. The highest BCUT2D eigenvalue weighted by molar-refractivity contribution is 5.88. The van der Waals surface area contributed by atoms with Crippen molar-refractivity contribution in [3.05, 3.63) is 102 Å². The van der Waals surface area contributed by atoms with Gasteiger partial charge in [0.25, 0.3) is 0 Å². The van der Waals surface area contributed by atoms with Crippen LogP contribution in [0.25, 0.3) is 0 Å². The van der Waals surface area contributed by atoms with Crippen LogP contribution in [-0.4, -0.2) is 35.4 Å². The Hall–Kier alpha value is -3.60. The summed E-state index contributed by atoms with van der Waals surface area (Å²) >= 11 is 0. The van der Waals surface area contributed by atoms with Crippen LogP contribution in [0.15, 0.2) is 84.9 Å². The van der Waals surface area contributed by atoms with E-state index in [9.17, 15) is 9.59 Å². The second-order valence-electron chi connectivity index (χ2n) is 9.97. The quantitative estimate of drug-likeness (QED) is 0.319. The Morgan fingerprint density at radius 3 is 2.22 bits per heavy atom. The average molecular weight is 499 g/mol. The van der Waals surface area contributed by atoms with Crippen molar-refractivity contribution in [1.82, 2.24) is 10.2 Å². The zero-order valence-electron chi connectivity index (χ0n) is 21.8. The van der Waals surface area contributed by atoms with Gasteiger partial charge in [-0.1, -0.05) is 91.2 Å². The molecule has 0 radical (unpaired) electrons. The van der Waals surface area contributed by atoms with Gasteiger partial charge >= 0.3 is 0 Å². The highest BCUT2D eigenvalue weighted by Crippen LogP contribution is 2.21. The lowest BCUT2D eigenvalue weighted by molar-refractivity contribution is -0.141. The first-order valence-electron chi connectivity index (χ1n) is 13.5. The minimum Gasteiger partial charge on any atom is -0.494 e. The molecule has 5 heteroatoms. The molecule has 1 atom stereocenters. The van der Waals surface area contributed by atoms with Crippen molar-refractivity contribution in [3.8, 4) is 5.75 Å². The van der Waals surface area contributed by atoms with Crippen LogP contribution in [0.1, 0.15) is 55.2 Å². The smallest absolute Gasteiger partial charge is 0.243 e. The third-order valence-electron chi connectivity index (χ3n) is 6.99. The van der Waals surface area contributed by atoms with Gasteiger partial charge in [-0.05, 0) is 49.4 Å². The molecule has 2 amide bonds. The van der Waals surface area contributed by atoms with Crippen LogP contribution in [0.5, 0.6) is 5.75 Å². The van der Waals surface area contributed by atoms with E-state index in [2.05, 4.69) is 17.4 Å². The van der Waals surface area contributed by atoms with Crippen molar-refractivity contribution in [2.75, 3.05) is 6.61 Å². The molecule has 0 bridgehead atoms. The first-order valence-corrected chi connectivity index (χ1v) is 13.5. The van der Waals surface area contributed by atoms with Gasteiger partial charge in [-0.3, -0.25) is 9.59 Å². The highest BCUT2D eigenvalue weighted by Gasteiger charge is 2.31. The van der Waals surface area contributed by atoms with Crippen LogP contribution in [0.3, 0.4) is 0 Å². The number of hydrogen-bond donors (Lipinski definition) is 1. The molecule has 0 unspecified atom stereocenters. The zero-order valence-corrected chi connectivity index (χ0v) is 21.8. The molecule has 0 aliphatic heterocycles. The second-order valence-corrected chi connectivity index (χ2v) is 9.97. The number of benzene rings is 3. The van der Waals surface area contributed by atoms with Crippen molar-refractivity contribution in [3.63, 3.8) is 0 Å². The molecule has 0 spiro atoms. The normalized spacial score (nSPS) is 14.2. The van der Waals surface area contributed by atoms with Crippen LogP contribution < -0.4 is 10.1 Å². The maximum atomic E-state index is 13.7. The van der Waals surface area contributed by atoms with Gasteiger partial charge < -0.3 is 15.0 Å². The molecule has 1 aliphatic rings. The minimum absolute atomic E-state index is 0.0280. The van der Waals surface area contributed by atoms with Crippen molar-refractivity contribution < 1.29 is 14.3 Å². The lowest BCUT2D eigenvalue weighted by atomic mass is 10.0. The molecule has 0 saturated heterocycles. The molecule has 3 aromatic carbocycles. The summed E-state index contributed by atoms with van der Waals surface area (Å²) in [4.78, 5) is 29.2. The summed E-state index contributed by atoms with van der Waals surface area (Å²) in [5.74, 6) is 0.709. The van der Waals surface area contributed by atoms with E-state index in [0.29, 0.717) is 32.4 Å². The topological polar surface area (TPSA) is 58.6 Å². The van der Waals surface area contributed by atoms with Gasteiger partial charge in [0.1, 0.15) is 11.8 Å². The predicted molar refractivity (Wildman–Crippen MR) is 147 cm³/mol. The summed E-state index contributed by atoms with van der Waals surface area (Å²) in [5, 5.41) is 3.26. The summed E-state index contributed by atoms with van der Waals surface area (Å²) < 4.78 is 5.81. The van der Waals surface area contributed by atoms with Crippen LogP contribution in [-0.2, 0) is 22.6 Å². The summed E-state index contributed by atoms with van der Waals surface area (Å²) in [6.45, 7) is 2.90. The number of amides is 2. The van der Waals surface area contributed by atoms with E-state index in [1.54, 1.807) is 4.90 Å². The maximum absolute atomic E-state index is 13.7. The fourth-order valence-corrected chi connectivity index (χ4v) is 4.89. The van der Waals surface area contributed by atoms with Gasteiger partial charge in [-0.15, -0.1) is 0 Å². The number of rotatable bonds is 12. The van der Waals surface area contributed by atoms with Gasteiger partial charge in [0.05, 0.1) is 6.61 Å². The lowest BCUT2D eigenvalue weighted by Crippen LogP contribution is -2.52. The van der Waals surface area contributed by atoms with Crippen LogP contribution in [0.4, 0.5) is 0 Å². The van der Waals surface area contributed by atoms with E-state index in [0.717, 1.165) is 42.6 Å². The Bertz CT molecular complexity index is 1110. The van der Waals surface area contributed by atoms with Gasteiger partial charge in [0.15, 0.2) is 0 Å². The van der Waals surface area contributed by atoms with E-state index >= 15 is 0 Å². The van der Waals surface area contributed by atoms with E-state index in [4.69, 9.17) is 4.74 Å². The fraction of sp³-hybridized carbons (Fsp3) is 0.375. The van der Waals surface area contributed by atoms with Gasteiger partial charge in [-0.25, -0.2) is 0 Å². The molecule has 0 aromatic heterocycles. The Balaban J connectivity index is 1.52. The number of nitrogens with zero attached hydrogens (tertiary/aromatic N) is 1. The Morgan fingerprint density at radius 1 is 0.892 bits per heavy atom. The summed E-state index contributed by atoms with van der Waals surface area (Å²) in [5.41, 5.74) is 3.23. The third kappa shape index (κ3) is 8.21. The molecule has 1 saturated carbocycles. The first kappa shape index (κ1) is 26.5. The molecular weight excluding hydrogens is 460 g/mol. The number of carbonyl (C=O) groups excluding carboxylic acids is 2. The van der Waals surface area contributed by atoms with Crippen LogP contribution in [0.2, 0.25) is 0 Å². The second kappa shape index (κ2) is 13.6. The van der Waals surface area contributed by atoms with E-state index < -0.39 is 6.04 Å². The van der Waals surface area contributed by atoms with Crippen molar-refractivity contribution in [2.45, 2.75) is 70.5 Å². The number of aryl methyl sites for hydroxylation is 1. The Morgan fingerprint density at radius 2 is 1.54 bits per heavy atom. The molecule has 194 valence electrons. The molecule has 4 rings (SSSR count). The van der Waals surface area contributed by atoms with Gasteiger partial charge in [-0.2, -0.15) is 0 Å². The largest absolute Gasteiger partial charge is 0.494 e. The van der Waals surface area contributed by atoms with E-state index in [-0.39, 0.29) is 17.9 Å². The summed E-state index contributed by atoms with van der Waals surface area (Å²) in [7, 11) is 0. The number of hydrogen-bond acceptors (Lipinski definition) is 3. The summed E-state index contributed by atoms with van der Waals surface area (Å²) in [6, 6.07) is 27.4. The maximum Gasteiger partial charge on any atom is 0.243 e. The lowest BCUT2D eigenvalue weighted by Gasteiger charge is -2.32. The molecular formula is C32H38N2O3. The van der Waals surface area contributed by atoms with Crippen LogP contribution >= 0.6 is 0 Å². The van der Waals surface area contributed by atoms with Gasteiger partial charge in [0.2, 0.25) is 11.8 Å². The monoisotopic (exact) mass is 498 g/mol. The van der Waals surface area contributed by atoms with E-state index in [1.165, 1.54) is 5.56 Å². The van der Waals surface area contributed by atoms with Crippen molar-refractivity contribution in [1.29, 1.82) is 0 Å². The predicted octanol–water partition coefficient (Wildman–Crippen LogP) is 5.85. The molecule has 1 aliphatic carbocycles. The molecule has 3 aromatic rings. The summed E-state index contributed by atoms with van der Waals surface area (Å²) in [6.07, 6.45) is 5.68. The fourth-order valence-electron chi connectivity index (χ4n) is 4.89. The standard InChI is InChI=1S/C32H38N2O3/c1-25-18-20-27(21-19-25)24-34(31(35)17-10-22-37-29-15-6-3-7-16-29)30(23-26-11-4-2-5-12-26)32(36)33-28-13-8-9-14-28/h2-7,11-12,15-16,18-21,28,30H,8-10,13-14,17,22-24H2,1H3,(H,33,36)/t30-/m1/s1. The third-order valence-corrected chi connectivity index (χ3v) is 6.99. The average Bonchev–Trinajstić information content (AvgIpc) is 3.44. The SMILES string of the molecule is Cc1ccc(CN(C(=O)CCCOc2ccccc2)[C@H](Cc2ccccc2)C(=O)NC2CCCC2)cc1. The van der Waals surface area contributed by atoms with Crippen molar-refractivity contribution >= 4 is 11.8 Å². The van der Waals surface area contributed by atoms with Crippen molar-refractivity contribution in [2.24, 2.45) is 0 Å². The zero-order chi connectivity index (χ0) is 25.9. The molecule has 5 nitrogen and oxygen atoms in total. The Kier molecular flexibility index (Phi) is 9.75. The first-order chi connectivity index (χ1) is 18.1. The molecule has 0 heterocycles. The highest BCUT2D eigenvalue weighted by atomic mass is 16.5. The van der Waals surface area contributed by atoms with Crippen LogP contribution in [0, 0.1) is 6.92 Å². The van der Waals surface area contributed by atoms with E-state index in [1.807, 2.05) is 79.7 Å². The molecule has 37 heavy (non-hydrogen) atoms.